The van der Waals surface area contributed by atoms with Crippen molar-refractivity contribution in [3.63, 3.8) is 0 Å². The van der Waals surface area contributed by atoms with Crippen molar-refractivity contribution in [1.82, 2.24) is 9.97 Å². The highest BCUT2D eigenvalue weighted by atomic mass is 16.6. The molecule has 0 aliphatic heterocycles. The zero-order chi connectivity index (χ0) is 16.7. The third-order valence-electron chi connectivity index (χ3n) is 3.72. The van der Waals surface area contributed by atoms with Crippen LogP contribution in [0, 0.1) is 24.0 Å². The molecular weight excluding hydrogens is 298 g/mol. The molecule has 7 heteroatoms. The number of aryl methyl sites for hydroxylation is 2. The van der Waals surface area contributed by atoms with Gasteiger partial charge in [-0.3, -0.25) is 15.1 Å². The quantitative estimate of drug-likeness (QED) is 0.427. The van der Waals surface area contributed by atoms with Gasteiger partial charge in [0.25, 0.3) is 0 Å². The molecule has 0 atom stereocenters. The summed E-state index contributed by atoms with van der Waals surface area (Å²) < 4.78 is 0. The van der Waals surface area contributed by atoms with E-state index in [9.17, 15) is 20.3 Å². The van der Waals surface area contributed by atoms with Gasteiger partial charge in [0.05, 0.1) is 27.8 Å². The smallest absolute Gasteiger partial charge is 0.315 e. The Morgan fingerprint density at radius 1 is 1.04 bits per heavy atom. The number of rotatable bonds is 2. The van der Waals surface area contributed by atoms with Gasteiger partial charge >= 0.3 is 5.69 Å². The molecule has 0 aliphatic rings. The molecule has 2 N–H and O–H groups in total. The van der Waals surface area contributed by atoms with Gasteiger partial charge in [-0.25, -0.2) is 4.98 Å². The summed E-state index contributed by atoms with van der Waals surface area (Å²) in [5, 5.41) is 30.2. The Hall–Kier alpha value is -3.22. The first-order valence-electron chi connectivity index (χ1n) is 6.81. The Morgan fingerprint density at radius 2 is 1.70 bits per heavy atom. The van der Waals surface area contributed by atoms with Gasteiger partial charge in [0.1, 0.15) is 0 Å². The predicted molar refractivity (Wildman–Crippen MR) is 84.4 cm³/mol. The van der Waals surface area contributed by atoms with E-state index in [-0.39, 0.29) is 0 Å². The first kappa shape index (κ1) is 14.7. The molecule has 0 aliphatic carbocycles. The maximum Gasteiger partial charge on any atom is 0.315 e. The van der Waals surface area contributed by atoms with Crippen molar-refractivity contribution in [2.45, 2.75) is 13.8 Å². The Kier molecular flexibility index (Phi) is 3.33. The van der Waals surface area contributed by atoms with Crippen LogP contribution in [0.5, 0.6) is 11.5 Å². The number of nitrogens with zero attached hydrogens (tertiary/aromatic N) is 3. The molecule has 0 spiro atoms. The number of hydrogen-bond acceptors (Lipinski definition) is 6. The van der Waals surface area contributed by atoms with Gasteiger partial charge in [0, 0.05) is 11.6 Å². The molecule has 0 radical (unpaired) electrons. The van der Waals surface area contributed by atoms with E-state index in [0.717, 1.165) is 17.2 Å². The van der Waals surface area contributed by atoms with Gasteiger partial charge in [0.15, 0.2) is 5.75 Å². The van der Waals surface area contributed by atoms with Crippen molar-refractivity contribution in [3.05, 3.63) is 51.7 Å². The van der Waals surface area contributed by atoms with Crippen molar-refractivity contribution in [1.29, 1.82) is 0 Å². The minimum absolute atomic E-state index is 0.305. The van der Waals surface area contributed by atoms with Crippen molar-refractivity contribution >= 4 is 16.7 Å². The molecule has 7 nitrogen and oxygen atoms in total. The lowest BCUT2D eigenvalue weighted by molar-refractivity contribution is -0.385. The second kappa shape index (κ2) is 5.20. The highest BCUT2D eigenvalue weighted by Gasteiger charge is 2.20. The summed E-state index contributed by atoms with van der Waals surface area (Å²) in [5.74, 6) is -1.34. The molecule has 116 valence electrons. The fourth-order valence-electron chi connectivity index (χ4n) is 2.30. The van der Waals surface area contributed by atoms with Crippen LogP contribution in [0.4, 0.5) is 5.69 Å². The average Bonchev–Trinajstić information content (AvgIpc) is 2.50. The largest absolute Gasteiger partial charge is 0.504 e. The van der Waals surface area contributed by atoms with E-state index in [1.807, 2.05) is 26.0 Å². The topological polar surface area (TPSA) is 109 Å². The molecule has 0 fully saturated rings. The van der Waals surface area contributed by atoms with Crippen LogP contribution in [0.1, 0.15) is 11.1 Å². The van der Waals surface area contributed by atoms with Crippen molar-refractivity contribution in [3.8, 4) is 22.8 Å². The monoisotopic (exact) mass is 311 g/mol. The first-order valence-corrected chi connectivity index (χ1v) is 6.81. The fourth-order valence-corrected chi connectivity index (χ4v) is 2.30. The summed E-state index contributed by atoms with van der Waals surface area (Å²) >= 11 is 0. The van der Waals surface area contributed by atoms with Crippen LogP contribution in [0.15, 0.2) is 30.5 Å². The number of aromatic nitrogens is 2. The van der Waals surface area contributed by atoms with Gasteiger partial charge in [0.2, 0.25) is 5.75 Å². The molecule has 0 amide bonds. The number of nitro benzene ring substituents is 1. The Morgan fingerprint density at radius 3 is 2.35 bits per heavy atom. The summed E-state index contributed by atoms with van der Waals surface area (Å²) in [7, 11) is 0. The van der Waals surface area contributed by atoms with Crippen molar-refractivity contribution in [2.75, 3.05) is 0 Å². The second-order valence-electron chi connectivity index (χ2n) is 5.30. The van der Waals surface area contributed by atoms with E-state index in [1.54, 1.807) is 0 Å². The summed E-state index contributed by atoms with van der Waals surface area (Å²) in [6.45, 7) is 3.94. The zero-order valence-corrected chi connectivity index (χ0v) is 12.4. The molecule has 3 rings (SSSR count). The summed E-state index contributed by atoms with van der Waals surface area (Å²) in [6, 6.07) is 6.18. The SMILES string of the molecule is Cc1cc2ncc(-c3cc(O)c(O)c([N+](=O)[O-])c3)nc2cc1C. The van der Waals surface area contributed by atoms with E-state index >= 15 is 0 Å². The maximum absolute atomic E-state index is 11.0. The van der Waals surface area contributed by atoms with Crippen LogP contribution in [0.3, 0.4) is 0 Å². The molecule has 0 unspecified atom stereocenters. The van der Waals surface area contributed by atoms with Crippen LogP contribution in [0.2, 0.25) is 0 Å². The second-order valence-corrected chi connectivity index (χ2v) is 5.30. The number of aromatic hydroxyl groups is 2. The number of benzene rings is 2. The zero-order valence-electron chi connectivity index (χ0n) is 12.4. The normalized spacial score (nSPS) is 10.9. The van der Waals surface area contributed by atoms with E-state index < -0.39 is 22.1 Å². The lowest BCUT2D eigenvalue weighted by atomic mass is 10.1. The Labute approximate surface area is 131 Å². The van der Waals surface area contributed by atoms with Gasteiger partial charge in [-0.2, -0.15) is 0 Å². The van der Waals surface area contributed by atoms with E-state index in [4.69, 9.17) is 0 Å². The summed E-state index contributed by atoms with van der Waals surface area (Å²) in [6.07, 6.45) is 1.48. The molecule has 3 aromatic rings. The fraction of sp³-hybridized carbons (Fsp3) is 0.125. The summed E-state index contributed by atoms with van der Waals surface area (Å²) in [5.41, 5.74) is 3.62. The Balaban J connectivity index is 2.20. The molecule has 0 bridgehead atoms. The number of phenolic OH excluding ortho intramolecular Hbond substituents is 2. The van der Waals surface area contributed by atoms with E-state index in [0.29, 0.717) is 22.3 Å². The lowest BCUT2D eigenvalue weighted by Gasteiger charge is -2.07. The first-order chi connectivity index (χ1) is 10.9. The van der Waals surface area contributed by atoms with Gasteiger partial charge < -0.3 is 10.2 Å². The lowest BCUT2D eigenvalue weighted by Crippen LogP contribution is -1.93. The number of fused-ring (bicyclic) bond motifs is 1. The van der Waals surface area contributed by atoms with Gasteiger partial charge in [-0.05, 0) is 43.2 Å². The molecule has 23 heavy (non-hydrogen) atoms. The van der Waals surface area contributed by atoms with Crippen LogP contribution in [-0.2, 0) is 0 Å². The minimum atomic E-state index is -0.765. The standard InChI is InChI=1S/C16H13N3O4/c1-8-3-11-12(4-9(8)2)18-13(7-17-11)10-5-14(19(22)23)16(21)15(20)6-10/h3-7,20-21H,1-2H3. The third kappa shape index (κ3) is 2.52. The van der Waals surface area contributed by atoms with Crippen LogP contribution in [-0.4, -0.2) is 25.1 Å². The highest BCUT2D eigenvalue weighted by molar-refractivity contribution is 5.80. The molecule has 0 saturated carbocycles. The van der Waals surface area contributed by atoms with Crippen molar-refractivity contribution in [2.24, 2.45) is 0 Å². The predicted octanol–water partition coefficient (Wildman–Crippen LogP) is 3.23. The van der Waals surface area contributed by atoms with Crippen LogP contribution in [0.25, 0.3) is 22.3 Å². The molecule has 1 heterocycles. The third-order valence-corrected chi connectivity index (χ3v) is 3.72. The highest BCUT2D eigenvalue weighted by Crippen LogP contribution is 2.39. The molecule has 0 saturated heterocycles. The number of phenols is 2. The maximum atomic E-state index is 11.0. The molecule has 1 aromatic heterocycles. The van der Waals surface area contributed by atoms with Crippen molar-refractivity contribution < 1.29 is 15.1 Å². The van der Waals surface area contributed by atoms with Gasteiger partial charge in [-0.15, -0.1) is 0 Å². The molecular formula is C16H13N3O4. The van der Waals surface area contributed by atoms with Gasteiger partial charge in [-0.1, -0.05) is 0 Å². The average molecular weight is 311 g/mol. The van der Waals surface area contributed by atoms with E-state index in [2.05, 4.69) is 9.97 Å². The van der Waals surface area contributed by atoms with E-state index in [1.165, 1.54) is 12.3 Å². The molecule has 2 aromatic carbocycles. The minimum Gasteiger partial charge on any atom is -0.504 e. The number of nitro groups is 1. The Bertz CT molecular complexity index is 954. The van der Waals surface area contributed by atoms with Crippen LogP contribution >= 0.6 is 0 Å². The number of hydrogen-bond donors (Lipinski definition) is 2. The summed E-state index contributed by atoms with van der Waals surface area (Å²) in [4.78, 5) is 18.9. The van der Waals surface area contributed by atoms with Crippen LogP contribution < -0.4 is 0 Å².